The summed E-state index contributed by atoms with van der Waals surface area (Å²) in [7, 11) is -3.55. The van der Waals surface area contributed by atoms with E-state index in [1.54, 1.807) is 24.3 Å². The molecule has 174 valence electrons. The third kappa shape index (κ3) is 5.33. The Morgan fingerprint density at radius 3 is 2.53 bits per heavy atom. The number of hydrogen-bond donors (Lipinski definition) is 2. The van der Waals surface area contributed by atoms with Gasteiger partial charge in [0.05, 0.1) is 11.6 Å². The first kappa shape index (κ1) is 23.9. The number of amides is 2. The first-order valence-corrected chi connectivity index (χ1v) is 12.7. The number of benzene rings is 1. The Morgan fingerprint density at radius 2 is 1.84 bits per heavy atom. The largest absolute Gasteiger partial charge is 0.290 e. The summed E-state index contributed by atoms with van der Waals surface area (Å²) in [6.45, 7) is 2.70. The number of nitrogens with one attached hydrogen (secondary N) is 2. The fraction of sp³-hybridized carbons (Fsp3) is 0.524. The minimum absolute atomic E-state index is 0.0145. The maximum Gasteiger partial charge on any atom is 0.290 e. The monoisotopic (exact) mass is 463 g/mol. The minimum Gasteiger partial charge on any atom is -0.271 e. The third-order valence-corrected chi connectivity index (χ3v) is 6.83. The van der Waals surface area contributed by atoms with Gasteiger partial charge in [0, 0.05) is 18.5 Å². The van der Waals surface area contributed by atoms with Gasteiger partial charge in [0.2, 0.25) is 10.0 Å². The highest BCUT2D eigenvalue weighted by Gasteiger charge is 2.34. The zero-order valence-electron chi connectivity index (χ0n) is 18.3. The molecule has 32 heavy (non-hydrogen) atoms. The van der Waals surface area contributed by atoms with Gasteiger partial charge in [0.1, 0.15) is 6.04 Å². The number of nitrogens with zero attached hydrogens (tertiary/aromatic N) is 3. The number of fused-ring (bicyclic) bond motifs is 1. The van der Waals surface area contributed by atoms with Crippen molar-refractivity contribution in [2.45, 2.75) is 58.0 Å². The summed E-state index contributed by atoms with van der Waals surface area (Å²) in [6.07, 6.45) is 5.49. The van der Waals surface area contributed by atoms with Crippen LogP contribution in [0.25, 0.3) is 10.8 Å². The molecule has 1 fully saturated rings. The molecule has 1 aromatic carbocycles. The summed E-state index contributed by atoms with van der Waals surface area (Å²) in [5, 5.41) is 5.00. The van der Waals surface area contributed by atoms with Crippen molar-refractivity contribution >= 4 is 32.6 Å². The van der Waals surface area contributed by atoms with Crippen molar-refractivity contribution in [3.05, 3.63) is 40.3 Å². The molecule has 0 bridgehead atoms. The summed E-state index contributed by atoms with van der Waals surface area (Å²) in [5.41, 5.74) is 4.41. The van der Waals surface area contributed by atoms with Gasteiger partial charge in [-0.05, 0) is 25.3 Å². The standard InChI is InChI=1S/C21H29N5O5S/c1-3-4-8-13-25-21(29)16-11-6-5-10-15(16)18(24-25)20(28)23-22-19(27)17-12-7-9-14-26(17)32(2,30)31/h5-6,10-11,17H,3-4,7-9,12-14H2,1-2H3,(H,22,27)(H,23,28). The first-order valence-electron chi connectivity index (χ1n) is 10.8. The molecule has 2 N–H and O–H groups in total. The van der Waals surface area contributed by atoms with Crippen molar-refractivity contribution in [1.82, 2.24) is 24.9 Å². The Balaban J connectivity index is 1.81. The van der Waals surface area contributed by atoms with E-state index in [0.717, 1.165) is 29.8 Å². The van der Waals surface area contributed by atoms with Gasteiger partial charge >= 0.3 is 0 Å². The van der Waals surface area contributed by atoms with Gasteiger partial charge in [-0.15, -0.1) is 0 Å². The molecular weight excluding hydrogens is 434 g/mol. The third-order valence-electron chi connectivity index (χ3n) is 5.54. The highest BCUT2D eigenvalue weighted by atomic mass is 32.2. The highest BCUT2D eigenvalue weighted by Crippen LogP contribution is 2.20. The predicted molar refractivity (Wildman–Crippen MR) is 120 cm³/mol. The molecule has 2 amide bonds. The van der Waals surface area contributed by atoms with E-state index in [-0.39, 0.29) is 17.8 Å². The van der Waals surface area contributed by atoms with E-state index in [9.17, 15) is 22.8 Å². The van der Waals surface area contributed by atoms with Crippen LogP contribution in [0, 0.1) is 0 Å². The van der Waals surface area contributed by atoms with Crippen LogP contribution in [0.4, 0.5) is 0 Å². The molecule has 2 aromatic rings. The van der Waals surface area contributed by atoms with Gasteiger partial charge in [-0.25, -0.2) is 13.1 Å². The van der Waals surface area contributed by atoms with Gasteiger partial charge in [-0.3, -0.25) is 25.2 Å². The summed E-state index contributed by atoms with van der Waals surface area (Å²) in [4.78, 5) is 38.3. The molecule has 1 atom stereocenters. The zero-order valence-corrected chi connectivity index (χ0v) is 19.2. The average Bonchev–Trinajstić information content (AvgIpc) is 2.78. The molecule has 11 heteroatoms. The van der Waals surface area contributed by atoms with Gasteiger partial charge in [-0.2, -0.15) is 9.40 Å². The zero-order chi connectivity index (χ0) is 23.3. The van der Waals surface area contributed by atoms with Crippen LogP contribution in [0.5, 0.6) is 0 Å². The Labute approximate surface area is 187 Å². The topological polar surface area (TPSA) is 130 Å². The van der Waals surface area contributed by atoms with Crippen molar-refractivity contribution < 1.29 is 18.0 Å². The lowest BCUT2D eigenvalue weighted by molar-refractivity contribution is -0.126. The molecule has 0 spiro atoms. The molecule has 3 rings (SSSR count). The number of sulfonamides is 1. The number of unbranched alkanes of at least 4 members (excludes halogenated alkanes) is 2. The van der Waals surface area contributed by atoms with Gasteiger partial charge in [0.15, 0.2) is 5.69 Å². The Hall–Kier alpha value is -2.79. The molecule has 1 aliphatic rings. The van der Waals surface area contributed by atoms with Crippen LogP contribution >= 0.6 is 0 Å². The second-order valence-corrected chi connectivity index (χ2v) is 9.89. The second-order valence-electron chi connectivity index (χ2n) is 7.96. The summed E-state index contributed by atoms with van der Waals surface area (Å²) in [6, 6.07) is 5.80. The molecular formula is C21H29N5O5S. The van der Waals surface area contributed by atoms with Crippen LogP contribution in [0.3, 0.4) is 0 Å². The van der Waals surface area contributed by atoms with Crippen LogP contribution in [-0.4, -0.2) is 53.2 Å². The van der Waals surface area contributed by atoms with E-state index in [4.69, 9.17) is 0 Å². The van der Waals surface area contributed by atoms with Crippen molar-refractivity contribution in [1.29, 1.82) is 0 Å². The van der Waals surface area contributed by atoms with E-state index >= 15 is 0 Å². The van der Waals surface area contributed by atoms with Crippen molar-refractivity contribution in [2.75, 3.05) is 12.8 Å². The number of carbonyl (C=O) groups excluding carboxylic acids is 2. The van der Waals surface area contributed by atoms with Gasteiger partial charge in [-0.1, -0.05) is 44.4 Å². The fourth-order valence-corrected chi connectivity index (χ4v) is 5.01. The Morgan fingerprint density at radius 1 is 1.12 bits per heavy atom. The molecule has 0 radical (unpaired) electrons. The molecule has 10 nitrogen and oxygen atoms in total. The predicted octanol–water partition coefficient (Wildman–Crippen LogP) is 1.16. The van der Waals surface area contributed by atoms with Crippen molar-refractivity contribution in [2.24, 2.45) is 0 Å². The first-order chi connectivity index (χ1) is 15.2. The van der Waals surface area contributed by atoms with Gasteiger partial charge < -0.3 is 0 Å². The maximum absolute atomic E-state index is 12.9. The lowest BCUT2D eigenvalue weighted by Gasteiger charge is -2.32. The normalized spacial score (nSPS) is 17.2. The van der Waals surface area contributed by atoms with E-state index in [1.807, 2.05) is 0 Å². The fourth-order valence-electron chi connectivity index (χ4n) is 3.89. The quantitative estimate of drug-likeness (QED) is 0.468. The average molecular weight is 464 g/mol. The minimum atomic E-state index is -3.55. The molecule has 1 aliphatic heterocycles. The van der Waals surface area contributed by atoms with Crippen LogP contribution in [-0.2, 0) is 21.4 Å². The lowest BCUT2D eigenvalue weighted by atomic mass is 10.0. The van der Waals surface area contributed by atoms with Crippen LogP contribution in [0.1, 0.15) is 55.9 Å². The van der Waals surface area contributed by atoms with E-state index < -0.39 is 27.9 Å². The lowest BCUT2D eigenvalue weighted by Crippen LogP contribution is -2.55. The van der Waals surface area contributed by atoms with E-state index in [1.165, 1.54) is 4.68 Å². The Bertz CT molecular complexity index is 1160. The highest BCUT2D eigenvalue weighted by molar-refractivity contribution is 7.88. The molecule has 0 saturated carbocycles. The number of aryl methyl sites for hydroxylation is 1. The van der Waals surface area contributed by atoms with Gasteiger partial charge in [0.25, 0.3) is 17.4 Å². The van der Waals surface area contributed by atoms with Crippen LogP contribution in [0.15, 0.2) is 29.1 Å². The molecule has 0 aliphatic carbocycles. The SMILES string of the molecule is CCCCCn1nc(C(=O)NNC(=O)C2CCCCN2S(C)(=O)=O)c2ccccc2c1=O. The van der Waals surface area contributed by atoms with Crippen LogP contribution < -0.4 is 16.4 Å². The summed E-state index contributed by atoms with van der Waals surface area (Å²) < 4.78 is 26.4. The Kier molecular flexibility index (Phi) is 7.62. The number of hydrazine groups is 1. The molecule has 1 saturated heterocycles. The number of aromatic nitrogens is 2. The smallest absolute Gasteiger partial charge is 0.271 e. The van der Waals surface area contributed by atoms with Crippen molar-refractivity contribution in [3.63, 3.8) is 0 Å². The van der Waals surface area contributed by atoms with E-state index in [2.05, 4.69) is 22.9 Å². The van der Waals surface area contributed by atoms with E-state index in [0.29, 0.717) is 36.6 Å². The number of carbonyl (C=O) groups is 2. The summed E-state index contributed by atoms with van der Waals surface area (Å²) in [5.74, 6) is -1.29. The number of rotatable bonds is 7. The molecule has 1 aromatic heterocycles. The number of hydrogen-bond acceptors (Lipinski definition) is 6. The summed E-state index contributed by atoms with van der Waals surface area (Å²) >= 11 is 0. The maximum atomic E-state index is 12.9. The molecule has 1 unspecified atom stereocenters. The second kappa shape index (κ2) is 10.2. The molecule has 2 heterocycles. The van der Waals surface area contributed by atoms with Crippen molar-refractivity contribution in [3.8, 4) is 0 Å². The van der Waals surface area contributed by atoms with Crippen LogP contribution in [0.2, 0.25) is 0 Å². The number of piperidine rings is 1.